The minimum atomic E-state index is -0.0281. The van der Waals surface area contributed by atoms with Crippen molar-refractivity contribution in [1.29, 1.82) is 0 Å². The van der Waals surface area contributed by atoms with Gasteiger partial charge in [-0.25, -0.2) is 4.98 Å². The summed E-state index contributed by atoms with van der Waals surface area (Å²) in [5.74, 6) is -0.0281. The molecule has 0 radical (unpaired) electrons. The third-order valence-corrected chi connectivity index (χ3v) is 6.19. The van der Waals surface area contributed by atoms with Crippen LogP contribution >= 0.6 is 22.9 Å². The Balaban J connectivity index is 1.33. The van der Waals surface area contributed by atoms with Crippen LogP contribution in [0.25, 0.3) is 10.2 Å². The summed E-state index contributed by atoms with van der Waals surface area (Å²) in [7, 11) is 0. The number of para-hydroxylation sites is 2. The zero-order chi connectivity index (χ0) is 18.8. The highest BCUT2D eigenvalue weighted by Crippen LogP contribution is 2.29. The van der Waals surface area contributed by atoms with E-state index in [1.165, 1.54) is 4.70 Å². The van der Waals surface area contributed by atoms with Crippen LogP contribution < -0.4 is 10.2 Å². The van der Waals surface area contributed by atoms with Gasteiger partial charge in [0.2, 0.25) is 5.91 Å². The molecule has 1 fully saturated rings. The van der Waals surface area contributed by atoms with Gasteiger partial charge in [0.05, 0.1) is 27.5 Å². The Morgan fingerprint density at radius 2 is 1.93 bits per heavy atom. The number of fused-ring (bicyclic) bond motifs is 1. The predicted molar refractivity (Wildman–Crippen MR) is 113 cm³/mol. The molecule has 0 aliphatic carbocycles. The number of benzene rings is 2. The molecule has 1 saturated heterocycles. The Morgan fingerprint density at radius 3 is 2.67 bits per heavy atom. The highest BCUT2D eigenvalue weighted by molar-refractivity contribution is 7.22. The van der Waals surface area contributed by atoms with E-state index in [1.54, 1.807) is 17.4 Å². The van der Waals surface area contributed by atoms with Crippen molar-refractivity contribution in [2.75, 3.05) is 42.9 Å². The number of nitrogens with zero attached hydrogens (tertiary/aromatic N) is 3. The molecule has 1 aliphatic rings. The van der Waals surface area contributed by atoms with Crippen molar-refractivity contribution in [1.82, 2.24) is 9.88 Å². The fourth-order valence-corrected chi connectivity index (χ4v) is 4.55. The van der Waals surface area contributed by atoms with Gasteiger partial charge in [0.25, 0.3) is 0 Å². The number of hydrogen-bond acceptors (Lipinski definition) is 5. The lowest BCUT2D eigenvalue weighted by atomic mass is 10.2. The molecule has 2 heterocycles. The van der Waals surface area contributed by atoms with Crippen LogP contribution in [0.2, 0.25) is 5.02 Å². The lowest BCUT2D eigenvalue weighted by Gasteiger charge is -2.34. The lowest BCUT2D eigenvalue weighted by Crippen LogP contribution is -2.48. The van der Waals surface area contributed by atoms with E-state index in [-0.39, 0.29) is 5.91 Å². The van der Waals surface area contributed by atoms with E-state index in [4.69, 9.17) is 16.6 Å². The van der Waals surface area contributed by atoms with Crippen molar-refractivity contribution < 1.29 is 4.79 Å². The number of anilines is 2. The Labute approximate surface area is 167 Å². The molecule has 5 nitrogen and oxygen atoms in total. The number of halogens is 1. The number of rotatable bonds is 4. The molecule has 2 aromatic carbocycles. The van der Waals surface area contributed by atoms with Gasteiger partial charge in [0.15, 0.2) is 5.13 Å². The molecular weight excluding hydrogens is 380 g/mol. The maximum absolute atomic E-state index is 12.4. The molecule has 0 spiro atoms. The summed E-state index contributed by atoms with van der Waals surface area (Å²) in [5.41, 5.74) is 2.73. The van der Waals surface area contributed by atoms with Gasteiger partial charge in [-0.3, -0.25) is 9.69 Å². The molecule has 140 valence electrons. The third kappa shape index (κ3) is 4.08. The van der Waals surface area contributed by atoms with Crippen LogP contribution in [0.5, 0.6) is 0 Å². The molecule has 7 heteroatoms. The first-order valence-corrected chi connectivity index (χ1v) is 10.2. The van der Waals surface area contributed by atoms with Gasteiger partial charge in [0.1, 0.15) is 0 Å². The Bertz CT molecular complexity index is 912. The number of carbonyl (C=O) groups is 1. The third-order valence-electron chi connectivity index (χ3n) is 4.78. The highest BCUT2D eigenvalue weighted by atomic mass is 35.5. The standard InChI is InChI=1S/C20H21ClN4OS/c1-14-5-4-6-15(21)19(14)23-18(26)13-24-9-11-25(12-10-24)20-22-16-7-2-3-8-17(16)27-20/h2-8H,9-13H2,1H3,(H,23,26). The molecule has 1 amide bonds. The summed E-state index contributed by atoms with van der Waals surface area (Å²) in [6.45, 7) is 5.74. The lowest BCUT2D eigenvalue weighted by molar-refractivity contribution is -0.117. The maximum Gasteiger partial charge on any atom is 0.238 e. The second-order valence-electron chi connectivity index (χ2n) is 6.71. The number of aromatic nitrogens is 1. The quantitative estimate of drug-likeness (QED) is 0.718. The summed E-state index contributed by atoms with van der Waals surface area (Å²) in [5, 5.41) is 4.59. The minimum Gasteiger partial charge on any atom is -0.345 e. The largest absolute Gasteiger partial charge is 0.345 e. The average molecular weight is 401 g/mol. The second-order valence-corrected chi connectivity index (χ2v) is 8.12. The van der Waals surface area contributed by atoms with Crippen molar-refractivity contribution in [3.63, 3.8) is 0 Å². The first-order chi connectivity index (χ1) is 13.1. The molecule has 4 rings (SSSR count). The number of hydrogen-bond donors (Lipinski definition) is 1. The van der Waals surface area contributed by atoms with Gasteiger partial charge < -0.3 is 10.2 Å². The molecule has 3 aromatic rings. The number of aryl methyl sites for hydroxylation is 1. The highest BCUT2D eigenvalue weighted by Gasteiger charge is 2.21. The van der Waals surface area contributed by atoms with E-state index >= 15 is 0 Å². The molecule has 27 heavy (non-hydrogen) atoms. The number of piperazine rings is 1. The van der Waals surface area contributed by atoms with Crippen molar-refractivity contribution in [3.8, 4) is 0 Å². The maximum atomic E-state index is 12.4. The van der Waals surface area contributed by atoms with Crippen LogP contribution in [0.15, 0.2) is 42.5 Å². The molecule has 1 aromatic heterocycles. The van der Waals surface area contributed by atoms with Gasteiger partial charge in [-0.1, -0.05) is 47.2 Å². The van der Waals surface area contributed by atoms with E-state index < -0.39 is 0 Å². The Morgan fingerprint density at radius 1 is 1.15 bits per heavy atom. The van der Waals surface area contributed by atoms with Gasteiger partial charge >= 0.3 is 0 Å². The average Bonchev–Trinajstić information content (AvgIpc) is 3.10. The Kier molecular flexibility index (Phi) is 5.29. The van der Waals surface area contributed by atoms with Crippen molar-refractivity contribution in [2.45, 2.75) is 6.92 Å². The zero-order valence-corrected chi connectivity index (χ0v) is 16.7. The fourth-order valence-electron chi connectivity index (χ4n) is 3.26. The van der Waals surface area contributed by atoms with Crippen LogP contribution in [-0.4, -0.2) is 48.5 Å². The topological polar surface area (TPSA) is 48.5 Å². The fraction of sp³-hybridized carbons (Fsp3) is 0.300. The zero-order valence-electron chi connectivity index (χ0n) is 15.1. The predicted octanol–water partition coefficient (Wildman–Crippen LogP) is 4.02. The summed E-state index contributed by atoms with van der Waals surface area (Å²) in [4.78, 5) is 21.6. The number of amides is 1. The molecule has 0 atom stereocenters. The van der Waals surface area contributed by atoms with E-state index in [2.05, 4.69) is 21.2 Å². The Hall–Kier alpha value is -2.15. The van der Waals surface area contributed by atoms with Crippen molar-refractivity contribution in [3.05, 3.63) is 53.1 Å². The number of thiazole rings is 1. The first-order valence-electron chi connectivity index (χ1n) is 8.98. The number of nitrogens with one attached hydrogen (secondary N) is 1. The first kappa shape index (κ1) is 18.2. The normalized spacial score (nSPS) is 15.3. The van der Waals surface area contributed by atoms with Crippen LogP contribution in [0.1, 0.15) is 5.56 Å². The van der Waals surface area contributed by atoms with E-state index in [0.29, 0.717) is 17.3 Å². The summed E-state index contributed by atoms with van der Waals surface area (Å²) < 4.78 is 1.21. The summed E-state index contributed by atoms with van der Waals surface area (Å²) in [6, 6.07) is 13.8. The summed E-state index contributed by atoms with van der Waals surface area (Å²) >= 11 is 7.92. The van der Waals surface area contributed by atoms with Crippen LogP contribution in [0.3, 0.4) is 0 Å². The van der Waals surface area contributed by atoms with Crippen LogP contribution in [0.4, 0.5) is 10.8 Å². The molecule has 0 saturated carbocycles. The molecule has 0 unspecified atom stereocenters. The number of carbonyl (C=O) groups excluding carboxylic acids is 1. The molecular formula is C20H21ClN4OS. The van der Waals surface area contributed by atoms with Crippen molar-refractivity contribution >= 4 is 49.9 Å². The van der Waals surface area contributed by atoms with E-state index in [9.17, 15) is 4.79 Å². The molecule has 0 bridgehead atoms. The van der Waals surface area contributed by atoms with Gasteiger partial charge in [-0.15, -0.1) is 0 Å². The van der Waals surface area contributed by atoms with E-state index in [1.807, 2.05) is 37.3 Å². The van der Waals surface area contributed by atoms with Crippen molar-refractivity contribution in [2.24, 2.45) is 0 Å². The van der Waals surface area contributed by atoms with Gasteiger partial charge in [-0.2, -0.15) is 0 Å². The molecule has 1 aliphatic heterocycles. The monoisotopic (exact) mass is 400 g/mol. The summed E-state index contributed by atoms with van der Waals surface area (Å²) in [6.07, 6.45) is 0. The minimum absolute atomic E-state index is 0.0281. The molecule has 1 N–H and O–H groups in total. The smallest absolute Gasteiger partial charge is 0.238 e. The second kappa shape index (κ2) is 7.84. The van der Waals surface area contributed by atoms with Crippen LogP contribution in [-0.2, 0) is 4.79 Å². The van der Waals surface area contributed by atoms with Crippen LogP contribution in [0, 0.1) is 6.92 Å². The van der Waals surface area contributed by atoms with Gasteiger partial charge in [0, 0.05) is 26.2 Å². The van der Waals surface area contributed by atoms with Gasteiger partial charge in [-0.05, 0) is 30.7 Å². The van der Waals surface area contributed by atoms with E-state index in [0.717, 1.165) is 42.4 Å². The SMILES string of the molecule is Cc1cccc(Cl)c1NC(=O)CN1CCN(c2nc3ccccc3s2)CC1.